The molecule has 3 aromatic carbocycles. The van der Waals surface area contributed by atoms with Gasteiger partial charge >= 0.3 is 0 Å². The molecule has 0 saturated heterocycles. The van der Waals surface area contributed by atoms with E-state index in [-0.39, 0.29) is 19.0 Å². The van der Waals surface area contributed by atoms with Gasteiger partial charge in [-0.05, 0) is 28.3 Å². The maximum absolute atomic E-state index is 11.5. The maximum atomic E-state index is 11.5. The fraction of sp³-hybridized carbons (Fsp3) is 0.0952. The number of rotatable bonds is 6. The summed E-state index contributed by atoms with van der Waals surface area (Å²) in [6, 6.07) is 30.3. The first-order valence-corrected chi connectivity index (χ1v) is 8.21. The molecule has 0 bridgehead atoms. The molecule has 0 heterocycles. The minimum Gasteiger partial charge on any atom is -0.292 e. The Morgan fingerprint density at radius 1 is 0.720 bits per heavy atom. The lowest BCUT2D eigenvalue weighted by Crippen LogP contribution is -2.46. The van der Waals surface area contributed by atoms with Crippen LogP contribution in [-0.2, 0) is 10.3 Å². The molecule has 0 atom stereocenters. The second kappa shape index (κ2) is 8.82. The number of carbonyl (C=O) groups excluding carboxylic acids is 1. The summed E-state index contributed by atoms with van der Waals surface area (Å²) in [7, 11) is 0. The van der Waals surface area contributed by atoms with Crippen LogP contribution in [0.25, 0.3) is 0 Å². The van der Waals surface area contributed by atoms with Gasteiger partial charge in [-0.1, -0.05) is 91.0 Å². The molecule has 0 aliphatic rings. The fourth-order valence-electron chi connectivity index (χ4n) is 3.07. The van der Waals surface area contributed by atoms with Crippen LogP contribution >= 0.6 is 24.0 Å². The molecule has 0 aliphatic heterocycles. The Hall–Kier alpha value is -2.13. The van der Waals surface area contributed by atoms with E-state index in [1.807, 2.05) is 54.6 Å². The molecular weight excluding hydrogens is 353 g/mol. The van der Waals surface area contributed by atoms with Crippen molar-refractivity contribution in [2.75, 3.05) is 6.54 Å². The molecule has 0 radical (unpaired) electrons. The summed E-state index contributed by atoms with van der Waals surface area (Å²) in [5.41, 5.74) is 2.52. The van der Waals surface area contributed by atoms with Gasteiger partial charge in [0.05, 0.1) is 12.1 Å². The number of halogens is 2. The average molecular weight is 372 g/mol. The number of hydrogen-bond acceptors (Lipinski definition) is 2. The Kier molecular flexibility index (Phi) is 6.77. The van der Waals surface area contributed by atoms with Gasteiger partial charge in [-0.15, -0.1) is 12.4 Å². The summed E-state index contributed by atoms with van der Waals surface area (Å²) in [6.45, 7) is 0.0697. The van der Waals surface area contributed by atoms with Crippen molar-refractivity contribution >= 4 is 29.3 Å². The standard InChI is InChI=1S/C21H18ClNO.ClH/c22-20(24)16-23-21(17-10-4-1-5-11-17,18-12-6-2-7-13-18)19-14-8-3-9-15-19;/h1-15,23H,16H2;1H. The summed E-state index contributed by atoms with van der Waals surface area (Å²) in [5.74, 6) is 0. The first-order chi connectivity index (χ1) is 11.7. The highest BCUT2D eigenvalue weighted by molar-refractivity contribution is 6.64. The van der Waals surface area contributed by atoms with Crippen LogP contribution in [0.5, 0.6) is 0 Å². The van der Waals surface area contributed by atoms with Crippen LogP contribution in [0, 0.1) is 0 Å². The molecule has 0 aliphatic carbocycles. The van der Waals surface area contributed by atoms with Crippen LogP contribution in [0.15, 0.2) is 91.0 Å². The van der Waals surface area contributed by atoms with Crippen molar-refractivity contribution in [2.24, 2.45) is 0 Å². The first kappa shape index (κ1) is 19.2. The van der Waals surface area contributed by atoms with E-state index in [9.17, 15) is 4.79 Å². The van der Waals surface area contributed by atoms with Crippen LogP contribution < -0.4 is 5.32 Å². The van der Waals surface area contributed by atoms with Gasteiger partial charge in [-0.2, -0.15) is 0 Å². The third-order valence-corrected chi connectivity index (χ3v) is 4.25. The molecule has 1 N–H and O–H groups in total. The van der Waals surface area contributed by atoms with E-state index >= 15 is 0 Å². The first-order valence-electron chi connectivity index (χ1n) is 7.83. The van der Waals surface area contributed by atoms with Gasteiger partial charge in [0.15, 0.2) is 0 Å². The third kappa shape index (κ3) is 4.10. The zero-order valence-corrected chi connectivity index (χ0v) is 15.1. The molecule has 3 aromatic rings. The van der Waals surface area contributed by atoms with Crippen molar-refractivity contribution in [2.45, 2.75) is 5.54 Å². The van der Waals surface area contributed by atoms with Crippen molar-refractivity contribution in [3.05, 3.63) is 108 Å². The van der Waals surface area contributed by atoms with Crippen molar-refractivity contribution < 1.29 is 4.79 Å². The van der Waals surface area contributed by atoms with Gasteiger partial charge in [0.25, 0.3) is 0 Å². The summed E-state index contributed by atoms with van der Waals surface area (Å²) in [5, 5.41) is 2.99. The molecule has 25 heavy (non-hydrogen) atoms. The molecule has 0 saturated carbocycles. The van der Waals surface area contributed by atoms with Gasteiger partial charge < -0.3 is 0 Å². The third-order valence-electron chi connectivity index (χ3n) is 4.11. The van der Waals surface area contributed by atoms with Gasteiger partial charge in [0, 0.05) is 0 Å². The Morgan fingerprint density at radius 3 is 1.32 bits per heavy atom. The van der Waals surface area contributed by atoms with E-state index in [0.717, 1.165) is 16.7 Å². The van der Waals surface area contributed by atoms with Gasteiger partial charge in [0.2, 0.25) is 5.24 Å². The molecule has 0 aromatic heterocycles. The highest BCUT2D eigenvalue weighted by atomic mass is 35.5. The zero-order chi connectivity index (χ0) is 16.8. The molecule has 0 spiro atoms. The SMILES string of the molecule is Cl.O=C(Cl)CNC(c1ccccc1)(c1ccccc1)c1ccccc1. The summed E-state index contributed by atoms with van der Waals surface area (Å²) in [6.07, 6.45) is 0. The lowest BCUT2D eigenvalue weighted by Gasteiger charge is -2.36. The molecule has 3 rings (SSSR count). The van der Waals surface area contributed by atoms with E-state index in [2.05, 4.69) is 41.7 Å². The van der Waals surface area contributed by atoms with E-state index in [1.54, 1.807) is 0 Å². The van der Waals surface area contributed by atoms with Crippen LogP contribution in [0.2, 0.25) is 0 Å². The van der Waals surface area contributed by atoms with E-state index < -0.39 is 10.8 Å². The molecule has 0 amide bonds. The van der Waals surface area contributed by atoms with Gasteiger partial charge in [-0.3, -0.25) is 10.1 Å². The smallest absolute Gasteiger partial charge is 0.235 e. The maximum Gasteiger partial charge on any atom is 0.235 e. The number of benzene rings is 3. The topological polar surface area (TPSA) is 29.1 Å². The lowest BCUT2D eigenvalue weighted by atomic mass is 9.77. The Balaban J connectivity index is 0.00000225. The summed E-state index contributed by atoms with van der Waals surface area (Å²) in [4.78, 5) is 11.5. The normalized spacial score (nSPS) is 10.8. The predicted octanol–water partition coefficient (Wildman–Crippen LogP) is 4.76. The highest BCUT2D eigenvalue weighted by Crippen LogP contribution is 2.36. The second-order valence-corrected chi connectivity index (χ2v) is 5.98. The number of nitrogens with one attached hydrogen (secondary N) is 1. The van der Waals surface area contributed by atoms with Crippen LogP contribution in [-0.4, -0.2) is 11.8 Å². The monoisotopic (exact) mass is 371 g/mol. The Labute approximate surface area is 159 Å². The van der Waals surface area contributed by atoms with Crippen molar-refractivity contribution in [3.63, 3.8) is 0 Å². The quantitative estimate of drug-likeness (QED) is 0.500. The minimum atomic E-state index is -0.645. The Bertz CT molecular complexity index is 695. The van der Waals surface area contributed by atoms with Crippen molar-refractivity contribution in [1.82, 2.24) is 5.32 Å². The number of carbonyl (C=O) groups is 1. The predicted molar refractivity (Wildman–Crippen MR) is 105 cm³/mol. The largest absolute Gasteiger partial charge is 0.292 e. The van der Waals surface area contributed by atoms with Crippen molar-refractivity contribution in [1.29, 1.82) is 0 Å². The molecule has 0 unspecified atom stereocenters. The second-order valence-electron chi connectivity index (χ2n) is 5.56. The summed E-state index contributed by atoms with van der Waals surface area (Å²) < 4.78 is 0. The zero-order valence-electron chi connectivity index (χ0n) is 13.6. The van der Waals surface area contributed by atoms with E-state index in [0.29, 0.717) is 0 Å². The van der Waals surface area contributed by atoms with Gasteiger partial charge in [0.1, 0.15) is 0 Å². The molecule has 4 heteroatoms. The van der Waals surface area contributed by atoms with Crippen LogP contribution in [0.4, 0.5) is 0 Å². The van der Waals surface area contributed by atoms with E-state index in [4.69, 9.17) is 11.6 Å². The number of hydrogen-bond donors (Lipinski definition) is 1. The Morgan fingerprint density at radius 2 is 1.04 bits per heavy atom. The highest BCUT2D eigenvalue weighted by Gasteiger charge is 2.35. The van der Waals surface area contributed by atoms with E-state index in [1.165, 1.54) is 0 Å². The lowest BCUT2D eigenvalue weighted by molar-refractivity contribution is -0.111. The fourth-order valence-corrected chi connectivity index (χ4v) is 3.14. The van der Waals surface area contributed by atoms with Crippen LogP contribution in [0.3, 0.4) is 0 Å². The van der Waals surface area contributed by atoms with Crippen molar-refractivity contribution in [3.8, 4) is 0 Å². The molecule has 2 nitrogen and oxygen atoms in total. The summed E-state index contributed by atoms with van der Waals surface area (Å²) >= 11 is 5.64. The molecule has 0 fully saturated rings. The van der Waals surface area contributed by atoms with Crippen LogP contribution in [0.1, 0.15) is 16.7 Å². The molecular formula is C21H19Cl2NO. The average Bonchev–Trinajstić information content (AvgIpc) is 2.65. The molecule has 128 valence electrons. The minimum absolute atomic E-state index is 0. The van der Waals surface area contributed by atoms with Gasteiger partial charge in [-0.25, -0.2) is 0 Å².